The summed E-state index contributed by atoms with van der Waals surface area (Å²) in [6.45, 7) is 6.58. The Bertz CT molecular complexity index is 1190. The number of nitrogens with zero attached hydrogens (tertiary/aromatic N) is 2. The molecule has 0 unspecified atom stereocenters. The lowest BCUT2D eigenvalue weighted by molar-refractivity contribution is -0.116. The van der Waals surface area contributed by atoms with Gasteiger partial charge in [-0.3, -0.25) is 4.79 Å². The number of ether oxygens (including phenoxy) is 1. The summed E-state index contributed by atoms with van der Waals surface area (Å²) in [7, 11) is 0. The number of amides is 1. The number of carbonyl (C=O) groups is 1. The molecule has 1 aromatic heterocycles. The van der Waals surface area contributed by atoms with Crippen LogP contribution in [0.1, 0.15) is 22.5 Å². The van der Waals surface area contributed by atoms with Crippen molar-refractivity contribution in [2.45, 2.75) is 33.9 Å². The first-order chi connectivity index (χ1) is 14.5. The van der Waals surface area contributed by atoms with Crippen molar-refractivity contribution < 1.29 is 9.53 Å². The van der Waals surface area contributed by atoms with Gasteiger partial charge in [0, 0.05) is 5.69 Å². The van der Waals surface area contributed by atoms with Gasteiger partial charge in [0.2, 0.25) is 5.91 Å². The molecule has 0 saturated heterocycles. The monoisotopic (exact) mass is 399 g/mol. The lowest BCUT2D eigenvalue weighted by atomic mass is 10.1. The van der Waals surface area contributed by atoms with Crippen molar-refractivity contribution >= 4 is 22.6 Å². The van der Waals surface area contributed by atoms with Crippen molar-refractivity contribution in [3.8, 4) is 5.75 Å². The minimum absolute atomic E-state index is 0.0991. The van der Waals surface area contributed by atoms with Gasteiger partial charge in [0.15, 0.2) is 0 Å². The quantitative estimate of drug-likeness (QED) is 0.486. The van der Waals surface area contributed by atoms with Crippen LogP contribution in [0.15, 0.2) is 66.7 Å². The van der Waals surface area contributed by atoms with E-state index in [0.29, 0.717) is 5.82 Å². The highest BCUT2D eigenvalue weighted by molar-refractivity contribution is 5.91. The van der Waals surface area contributed by atoms with Crippen molar-refractivity contribution in [1.82, 2.24) is 9.55 Å². The molecule has 1 N–H and O–H groups in total. The number of aromatic nitrogens is 2. The Morgan fingerprint density at radius 1 is 0.967 bits per heavy atom. The summed E-state index contributed by atoms with van der Waals surface area (Å²) in [6.07, 6.45) is 0. The van der Waals surface area contributed by atoms with E-state index in [1.807, 2.05) is 85.1 Å². The van der Waals surface area contributed by atoms with Crippen LogP contribution in [0.25, 0.3) is 11.0 Å². The Morgan fingerprint density at radius 2 is 1.73 bits per heavy atom. The Kier molecular flexibility index (Phi) is 5.53. The van der Waals surface area contributed by atoms with E-state index < -0.39 is 0 Å². The zero-order valence-electron chi connectivity index (χ0n) is 17.5. The van der Waals surface area contributed by atoms with Crippen molar-refractivity contribution in [2.75, 3.05) is 5.32 Å². The molecule has 0 atom stereocenters. The first-order valence-electron chi connectivity index (χ1n) is 10.0. The van der Waals surface area contributed by atoms with Gasteiger partial charge >= 0.3 is 0 Å². The van der Waals surface area contributed by atoms with Crippen LogP contribution >= 0.6 is 0 Å². The lowest BCUT2D eigenvalue weighted by Crippen LogP contribution is -2.20. The number of benzene rings is 3. The normalized spacial score (nSPS) is 10.9. The summed E-state index contributed by atoms with van der Waals surface area (Å²) in [4.78, 5) is 17.5. The van der Waals surface area contributed by atoms with Gasteiger partial charge in [-0.15, -0.1) is 0 Å². The van der Waals surface area contributed by atoms with Gasteiger partial charge in [-0.2, -0.15) is 0 Å². The van der Waals surface area contributed by atoms with Gasteiger partial charge in [0.05, 0.1) is 11.0 Å². The van der Waals surface area contributed by atoms with Crippen LogP contribution in [0.3, 0.4) is 0 Å². The number of nitrogens with one attached hydrogen (secondary N) is 1. The van der Waals surface area contributed by atoms with Crippen molar-refractivity contribution in [3.05, 3.63) is 89.2 Å². The average molecular weight is 399 g/mol. The van der Waals surface area contributed by atoms with Crippen molar-refractivity contribution in [3.63, 3.8) is 0 Å². The molecule has 1 amide bonds. The summed E-state index contributed by atoms with van der Waals surface area (Å²) in [5.41, 5.74) is 6.08. The largest absolute Gasteiger partial charge is 0.486 e. The second kappa shape index (κ2) is 8.41. The molecule has 4 aromatic rings. The minimum Gasteiger partial charge on any atom is -0.486 e. The minimum atomic E-state index is -0.0991. The number of anilines is 1. The number of hydrogen-bond donors (Lipinski definition) is 1. The molecule has 0 fully saturated rings. The highest BCUT2D eigenvalue weighted by Crippen LogP contribution is 2.20. The van der Waals surface area contributed by atoms with E-state index in [1.165, 1.54) is 11.1 Å². The maximum absolute atomic E-state index is 12.8. The van der Waals surface area contributed by atoms with E-state index in [9.17, 15) is 4.79 Å². The van der Waals surface area contributed by atoms with E-state index >= 15 is 0 Å². The number of para-hydroxylation sites is 2. The Morgan fingerprint density at radius 3 is 2.50 bits per heavy atom. The predicted molar refractivity (Wildman–Crippen MR) is 120 cm³/mol. The predicted octanol–water partition coefficient (Wildman–Crippen LogP) is 5.18. The molecule has 5 heteroatoms. The number of aryl methyl sites for hydroxylation is 3. The SMILES string of the molecule is Cc1ccc(OCc2nc3ccccc3n2CC(=O)Nc2ccc(C)c(C)c2)cc1. The molecule has 4 rings (SSSR count). The van der Waals surface area contributed by atoms with Crippen LogP contribution in [0.2, 0.25) is 0 Å². The van der Waals surface area contributed by atoms with E-state index in [0.717, 1.165) is 28.0 Å². The van der Waals surface area contributed by atoms with Crippen LogP contribution in [-0.4, -0.2) is 15.5 Å². The molecule has 0 aliphatic heterocycles. The summed E-state index contributed by atoms with van der Waals surface area (Å²) < 4.78 is 7.85. The van der Waals surface area contributed by atoms with Crippen LogP contribution in [0.4, 0.5) is 5.69 Å². The molecule has 30 heavy (non-hydrogen) atoms. The fraction of sp³-hybridized carbons (Fsp3) is 0.200. The van der Waals surface area contributed by atoms with Gasteiger partial charge in [-0.25, -0.2) is 4.98 Å². The molecule has 1 heterocycles. The number of rotatable bonds is 6. The summed E-state index contributed by atoms with van der Waals surface area (Å²) >= 11 is 0. The van der Waals surface area contributed by atoms with E-state index in [4.69, 9.17) is 4.74 Å². The van der Waals surface area contributed by atoms with Crippen LogP contribution in [0.5, 0.6) is 5.75 Å². The molecule has 0 aliphatic carbocycles. The maximum Gasteiger partial charge on any atom is 0.244 e. The average Bonchev–Trinajstić information content (AvgIpc) is 3.08. The molecule has 0 saturated carbocycles. The molecule has 0 spiro atoms. The van der Waals surface area contributed by atoms with Crippen molar-refractivity contribution in [2.24, 2.45) is 0 Å². The molecule has 3 aromatic carbocycles. The van der Waals surface area contributed by atoms with Crippen LogP contribution < -0.4 is 10.1 Å². The molecule has 0 aliphatic rings. The number of imidazole rings is 1. The van der Waals surface area contributed by atoms with Gasteiger partial charge < -0.3 is 14.6 Å². The topological polar surface area (TPSA) is 56.2 Å². The zero-order valence-corrected chi connectivity index (χ0v) is 17.5. The fourth-order valence-corrected chi connectivity index (χ4v) is 3.36. The molecular formula is C25H25N3O2. The summed E-state index contributed by atoms with van der Waals surface area (Å²) in [5, 5.41) is 2.99. The highest BCUT2D eigenvalue weighted by atomic mass is 16.5. The third-order valence-electron chi connectivity index (χ3n) is 5.21. The maximum atomic E-state index is 12.8. The van der Waals surface area contributed by atoms with Crippen LogP contribution in [0, 0.1) is 20.8 Å². The van der Waals surface area contributed by atoms with E-state index in [-0.39, 0.29) is 19.1 Å². The number of carbonyl (C=O) groups excluding carboxylic acids is 1. The smallest absolute Gasteiger partial charge is 0.244 e. The second-order valence-electron chi connectivity index (χ2n) is 7.55. The Hall–Kier alpha value is -3.60. The van der Waals surface area contributed by atoms with Crippen LogP contribution in [-0.2, 0) is 17.9 Å². The van der Waals surface area contributed by atoms with Crippen molar-refractivity contribution in [1.29, 1.82) is 0 Å². The first-order valence-corrected chi connectivity index (χ1v) is 10.0. The Labute approximate surface area is 176 Å². The van der Waals surface area contributed by atoms with E-state index in [1.54, 1.807) is 0 Å². The fourth-order valence-electron chi connectivity index (χ4n) is 3.36. The van der Waals surface area contributed by atoms with Gasteiger partial charge in [0.1, 0.15) is 24.7 Å². The second-order valence-corrected chi connectivity index (χ2v) is 7.55. The molecule has 152 valence electrons. The molecular weight excluding hydrogens is 374 g/mol. The molecule has 5 nitrogen and oxygen atoms in total. The summed E-state index contributed by atoms with van der Waals surface area (Å²) in [6, 6.07) is 21.6. The molecule has 0 radical (unpaired) electrons. The lowest BCUT2D eigenvalue weighted by Gasteiger charge is -2.12. The zero-order chi connectivity index (χ0) is 21.1. The first kappa shape index (κ1) is 19.7. The summed E-state index contributed by atoms with van der Waals surface area (Å²) in [5.74, 6) is 1.39. The Balaban J connectivity index is 1.55. The van der Waals surface area contributed by atoms with Gasteiger partial charge in [-0.1, -0.05) is 35.9 Å². The van der Waals surface area contributed by atoms with E-state index in [2.05, 4.69) is 17.2 Å². The third kappa shape index (κ3) is 4.35. The number of fused-ring (bicyclic) bond motifs is 1. The highest BCUT2D eigenvalue weighted by Gasteiger charge is 2.14. The molecule has 0 bridgehead atoms. The standard InChI is InChI=1S/C25H25N3O2/c1-17-8-12-21(13-9-17)30-16-24-27-22-6-4-5-7-23(22)28(24)15-25(29)26-20-11-10-18(2)19(3)14-20/h4-14H,15-16H2,1-3H3,(H,26,29). The third-order valence-corrected chi connectivity index (χ3v) is 5.21. The number of hydrogen-bond acceptors (Lipinski definition) is 3. The van der Waals surface area contributed by atoms with Gasteiger partial charge in [0.25, 0.3) is 0 Å². The van der Waals surface area contributed by atoms with Gasteiger partial charge in [-0.05, 0) is 68.3 Å².